The molecule has 0 spiro atoms. The first-order chi connectivity index (χ1) is 9.24. The Hall–Kier alpha value is -2.07. The first-order valence-corrected chi connectivity index (χ1v) is 6.75. The fourth-order valence-corrected chi connectivity index (χ4v) is 2.68. The van der Waals surface area contributed by atoms with Crippen molar-refractivity contribution in [3.05, 3.63) is 54.2 Å². The molecule has 0 saturated carbocycles. The van der Waals surface area contributed by atoms with E-state index < -0.39 is 0 Å². The molecule has 0 saturated heterocycles. The molecule has 1 N–H and O–H groups in total. The van der Waals surface area contributed by atoms with Crippen molar-refractivity contribution >= 4 is 22.8 Å². The van der Waals surface area contributed by atoms with E-state index in [2.05, 4.69) is 9.97 Å². The summed E-state index contributed by atoms with van der Waals surface area (Å²) >= 11 is 1.43. The minimum atomic E-state index is 0.266. The Balaban J connectivity index is 2.06. The van der Waals surface area contributed by atoms with Crippen molar-refractivity contribution in [2.24, 2.45) is 0 Å². The summed E-state index contributed by atoms with van der Waals surface area (Å²) in [6.45, 7) is 1.93. The average molecular weight is 268 g/mol. The smallest absolute Gasteiger partial charge is 0.129 e. The van der Waals surface area contributed by atoms with Gasteiger partial charge >= 0.3 is 0 Å². The molecule has 3 aromatic rings. The lowest BCUT2D eigenvalue weighted by molar-refractivity contribution is 0.462. The summed E-state index contributed by atoms with van der Waals surface area (Å²) < 4.78 is 0. The van der Waals surface area contributed by atoms with E-state index in [4.69, 9.17) is 0 Å². The van der Waals surface area contributed by atoms with Crippen molar-refractivity contribution in [1.82, 2.24) is 9.97 Å². The van der Waals surface area contributed by atoms with Gasteiger partial charge < -0.3 is 5.11 Å². The zero-order valence-electron chi connectivity index (χ0n) is 10.4. The third kappa shape index (κ3) is 2.39. The molecule has 1 heterocycles. The number of hydrogen-bond acceptors (Lipinski definition) is 4. The van der Waals surface area contributed by atoms with Gasteiger partial charge in [0.2, 0.25) is 0 Å². The van der Waals surface area contributed by atoms with Crippen LogP contribution in [0, 0.1) is 6.92 Å². The number of aryl methyl sites for hydroxylation is 1. The van der Waals surface area contributed by atoms with Gasteiger partial charge in [-0.25, -0.2) is 9.97 Å². The molecule has 0 fully saturated rings. The number of phenols is 1. The number of phenolic OH excluding ortho intramolecular Hbond substituents is 1. The Kier molecular flexibility index (Phi) is 3.09. The van der Waals surface area contributed by atoms with Gasteiger partial charge in [0.25, 0.3) is 0 Å². The summed E-state index contributed by atoms with van der Waals surface area (Å²) in [4.78, 5) is 9.92. The zero-order valence-corrected chi connectivity index (χ0v) is 11.2. The topological polar surface area (TPSA) is 46.0 Å². The maximum Gasteiger partial charge on any atom is 0.129 e. The highest BCUT2D eigenvalue weighted by atomic mass is 32.2. The summed E-state index contributed by atoms with van der Waals surface area (Å²) in [6, 6.07) is 15.0. The molecule has 0 aliphatic heterocycles. The van der Waals surface area contributed by atoms with Gasteiger partial charge in [-0.1, -0.05) is 36.0 Å². The van der Waals surface area contributed by atoms with Crippen molar-refractivity contribution in [3.63, 3.8) is 0 Å². The predicted octanol–water partition coefficient (Wildman–Crippen LogP) is 3.80. The van der Waals surface area contributed by atoms with E-state index in [1.54, 1.807) is 12.1 Å². The maximum absolute atomic E-state index is 9.81. The van der Waals surface area contributed by atoms with Crippen LogP contribution in [0.4, 0.5) is 0 Å². The number of rotatable bonds is 2. The standard InChI is InChI=1S/C15H12N2OS/c1-10-15(19-14-9-5-4-8-13(14)18)17-12-7-3-2-6-11(12)16-10/h2-9,18H,1H3. The number of fused-ring (bicyclic) bond motifs is 1. The molecular weight excluding hydrogens is 256 g/mol. The second-order valence-electron chi connectivity index (χ2n) is 4.17. The van der Waals surface area contributed by atoms with Gasteiger partial charge in [0.05, 0.1) is 21.6 Å². The molecule has 1 aromatic heterocycles. The number of aromatic hydroxyl groups is 1. The summed E-state index contributed by atoms with van der Waals surface area (Å²) in [5.41, 5.74) is 2.62. The van der Waals surface area contributed by atoms with Gasteiger partial charge in [-0.2, -0.15) is 0 Å². The van der Waals surface area contributed by atoms with Crippen LogP contribution in [-0.4, -0.2) is 15.1 Å². The van der Waals surface area contributed by atoms with Crippen LogP contribution in [0.3, 0.4) is 0 Å². The maximum atomic E-state index is 9.81. The van der Waals surface area contributed by atoms with Crippen molar-refractivity contribution in [2.75, 3.05) is 0 Å². The van der Waals surface area contributed by atoms with E-state index in [-0.39, 0.29) is 5.75 Å². The molecular formula is C15H12N2OS. The number of benzene rings is 2. The largest absolute Gasteiger partial charge is 0.507 e. The fraction of sp³-hybridized carbons (Fsp3) is 0.0667. The molecule has 3 rings (SSSR count). The highest BCUT2D eigenvalue weighted by molar-refractivity contribution is 7.99. The Morgan fingerprint density at radius 1 is 0.895 bits per heavy atom. The molecule has 0 unspecified atom stereocenters. The Labute approximate surface area is 115 Å². The van der Waals surface area contributed by atoms with E-state index in [1.807, 2.05) is 43.3 Å². The van der Waals surface area contributed by atoms with Crippen molar-refractivity contribution < 1.29 is 5.11 Å². The Morgan fingerprint density at radius 3 is 2.26 bits per heavy atom. The predicted molar refractivity (Wildman–Crippen MR) is 76.5 cm³/mol. The van der Waals surface area contributed by atoms with Crippen LogP contribution < -0.4 is 0 Å². The highest BCUT2D eigenvalue weighted by Crippen LogP contribution is 2.34. The molecule has 3 nitrogen and oxygen atoms in total. The summed E-state index contributed by atoms with van der Waals surface area (Å²) in [5.74, 6) is 0.266. The number of nitrogens with zero attached hydrogens (tertiary/aromatic N) is 2. The van der Waals surface area contributed by atoms with Gasteiger partial charge in [0, 0.05) is 0 Å². The van der Waals surface area contributed by atoms with Crippen molar-refractivity contribution in [3.8, 4) is 5.75 Å². The summed E-state index contributed by atoms with van der Waals surface area (Å²) in [7, 11) is 0. The monoisotopic (exact) mass is 268 g/mol. The quantitative estimate of drug-likeness (QED) is 0.768. The summed E-state index contributed by atoms with van der Waals surface area (Å²) in [5, 5.41) is 10.6. The lowest BCUT2D eigenvalue weighted by atomic mass is 10.3. The van der Waals surface area contributed by atoms with E-state index in [9.17, 15) is 5.11 Å². The van der Waals surface area contributed by atoms with Gasteiger partial charge in [-0.15, -0.1) is 0 Å². The minimum Gasteiger partial charge on any atom is -0.507 e. The number of aromatic nitrogens is 2. The normalized spacial score (nSPS) is 10.8. The van der Waals surface area contributed by atoms with Gasteiger partial charge in [-0.05, 0) is 31.2 Å². The minimum absolute atomic E-state index is 0.266. The molecule has 0 aliphatic carbocycles. The van der Waals surface area contributed by atoms with Gasteiger partial charge in [-0.3, -0.25) is 0 Å². The molecule has 4 heteroatoms. The van der Waals surface area contributed by atoms with Crippen LogP contribution in [0.2, 0.25) is 0 Å². The molecule has 0 amide bonds. The number of para-hydroxylation sites is 3. The van der Waals surface area contributed by atoms with Crippen molar-refractivity contribution in [2.45, 2.75) is 16.8 Å². The van der Waals surface area contributed by atoms with Gasteiger partial charge in [0.15, 0.2) is 0 Å². The zero-order chi connectivity index (χ0) is 13.2. The van der Waals surface area contributed by atoms with Crippen LogP contribution in [0.1, 0.15) is 5.69 Å². The summed E-state index contributed by atoms with van der Waals surface area (Å²) in [6.07, 6.45) is 0. The van der Waals surface area contributed by atoms with Crippen LogP contribution in [-0.2, 0) is 0 Å². The average Bonchev–Trinajstić information content (AvgIpc) is 2.42. The molecule has 0 bridgehead atoms. The molecule has 19 heavy (non-hydrogen) atoms. The molecule has 2 aromatic carbocycles. The molecule has 0 aliphatic rings. The first kappa shape index (κ1) is 12.0. The van der Waals surface area contributed by atoms with E-state index in [0.29, 0.717) is 0 Å². The van der Waals surface area contributed by atoms with Gasteiger partial charge in [0.1, 0.15) is 10.8 Å². The number of hydrogen-bond donors (Lipinski definition) is 1. The van der Waals surface area contributed by atoms with Crippen LogP contribution in [0.15, 0.2) is 58.5 Å². The lowest BCUT2D eigenvalue weighted by Gasteiger charge is -2.07. The van der Waals surface area contributed by atoms with Crippen LogP contribution >= 0.6 is 11.8 Å². The SMILES string of the molecule is Cc1nc2ccccc2nc1Sc1ccccc1O. The lowest BCUT2D eigenvalue weighted by Crippen LogP contribution is -1.92. The van der Waals surface area contributed by atoms with Crippen LogP contribution in [0.25, 0.3) is 11.0 Å². The highest BCUT2D eigenvalue weighted by Gasteiger charge is 2.09. The Morgan fingerprint density at radius 2 is 1.53 bits per heavy atom. The van der Waals surface area contributed by atoms with Crippen molar-refractivity contribution in [1.29, 1.82) is 0 Å². The first-order valence-electron chi connectivity index (χ1n) is 5.93. The van der Waals surface area contributed by atoms with Crippen LogP contribution in [0.5, 0.6) is 5.75 Å². The molecule has 0 radical (unpaired) electrons. The van der Waals surface area contributed by atoms with E-state index in [1.165, 1.54) is 11.8 Å². The third-order valence-electron chi connectivity index (χ3n) is 2.77. The third-order valence-corrected chi connectivity index (χ3v) is 3.92. The second-order valence-corrected chi connectivity index (χ2v) is 5.20. The second kappa shape index (κ2) is 4.90. The van der Waals surface area contributed by atoms with E-state index in [0.717, 1.165) is 26.6 Å². The van der Waals surface area contributed by atoms with E-state index >= 15 is 0 Å². The Bertz CT molecular complexity index is 743. The molecule has 0 atom stereocenters. The fourth-order valence-electron chi connectivity index (χ4n) is 1.82. The molecule has 94 valence electrons.